The van der Waals surface area contributed by atoms with Gasteiger partial charge in [0.05, 0.1) is 52.2 Å². The zero-order valence-corrected chi connectivity index (χ0v) is 34.9. The second-order valence-corrected chi connectivity index (χ2v) is 14.6. The highest BCUT2D eigenvalue weighted by atomic mass is 16.6. The molecule has 2 atom stereocenters. The standard InChI is InChI=1S/C19H22N4O2.C13H15NO3.C6H7N3O2.C6H9N3/c1-13-11-21-12-15(17(13)20)22-18(24)19(25)23-10-6-5-9-16(23)14-7-3-2-4-8-14;15-12(13(16)17)14-9-5-4-8-11(14)10-6-2-1-3-7-10;1-4-2-8-3-5(6(4)7)9(10)11;1-4-2-9-3-5(7)6(4)8/h2-4,7-8,11-12,16H,5-6,9-10H2,1H3,(H2,20,21)(H,22,24);1-3,6-7,11H,4-5,8-9H2,(H,16,17);2-3H,1H3,(H2,7,8);2-3H,7H2,1H3,(H2,8,9). The van der Waals surface area contributed by atoms with Gasteiger partial charge in [-0.25, -0.2) is 4.79 Å². The molecule has 2 aliphatic heterocycles. The largest absolute Gasteiger partial charge is 0.474 e. The van der Waals surface area contributed by atoms with Gasteiger partial charge in [0, 0.05) is 31.7 Å². The van der Waals surface area contributed by atoms with Crippen molar-refractivity contribution in [2.75, 3.05) is 41.3 Å². The second kappa shape index (κ2) is 22.7. The second-order valence-electron chi connectivity index (χ2n) is 14.6. The van der Waals surface area contributed by atoms with Crippen molar-refractivity contribution in [3.05, 3.63) is 136 Å². The minimum Gasteiger partial charge on any atom is -0.474 e. The Morgan fingerprint density at radius 1 is 0.645 bits per heavy atom. The maximum Gasteiger partial charge on any atom is 0.394 e. The Labute approximate surface area is 359 Å². The predicted octanol–water partition coefficient (Wildman–Crippen LogP) is 5.92. The SMILES string of the molecule is Cc1cncc(N)c1N.Cc1cncc(NC(=O)C(=O)N2CCCCC2c2ccccc2)c1N.Cc1cncc([N+](=O)[O-])c1N.O=C(O)C(=O)N1CCCCC1c1ccccc1. The number of nitrogens with one attached hydrogen (secondary N) is 1. The Morgan fingerprint density at radius 3 is 1.55 bits per heavy atom. The third kappa shape index (κ3) is 12.7. The molecule has 5 aromatic rings. The number of amides is 3. The monoisotopic (exact) mass is 847 g/mol. The van der Waals surface area contributed by atoms with Gasteiger partial charge < -0.3 is 43.2 Å². The lowest BCUT2D eigenvalue weighted by Crippen LogP contribution is -2.44. The van der Waals surface area contributed by atoms with Gasteiger partial charge in [-0.2, -0.15) is 0 Å². The molecule has 2 unspecified atom stereocenters. The lowest BCUT2D eigenvalue weighted by Gasteiger charge is -2.35. The zero-order chi connectivity index (χ0) is 45.3. The number of nitrogens with zero attached hydrogens (tertiary/aromatic N) is 6. The number of benzene rings is 2. The lowest BCUT2D eigenvalue weighted by molar-refractivity contribution is -0.384. The Bertz CT molecular complexity index is 2310. The number of likely N-dealkylation sites (tertiary alicyclic amines) is 2. The first-order chi connectivity index (χ1) is 29.6. The number of anilines is 5. The summed E-state index contributed by atoms with van der Waals surface area (Å²) in [6.45, 7) is 6.46. The average Bonchev–Trinajstić information content (AvgIpc) is 3.28. The predicted molar refractivity (Wildman–Crippen MR) is 237 cm³/mol. The highest BCUT2D eigenvalue weighted by Crippen LogP contribution is 2.32. The molecule has 18 heteroatoms. The first kappa shape index (κ1) is 47.1. The van der Waals surface area contributed by atoms with Crippen molar-refractivity contribution in [2.24, 2.45) is 0 Å². The van der Waals surface area contributed by atoms with Crippen LogP contribution in [0, 0.1) is 30.9 Å². The number of pyridine rings is 3. The van der Waals surface area contributed by atoms with Crippen LogP contribution in [0.15, 0.2) is 97.8 Å². The molecule has 2 saturated heterocycles. The number of rotatable bonds is 4. The van der Waals surface area contributed by atoms with Gasteiger partial charge in [0.15, 0.2) is 0 Å². The number of nitrogens with two attached hydrogens (primary N) is 4. The summed E-state index contributed by atoms with van der Waals surface area (Å²) >= 11 is 0. The van der Waals surface area contributed by atoms with E-state index in [2.05, 4.69) is 20.3 Å². The van der Waals surface area contributed by atoms with Gasteiger partial charge in [-0.05, 0) is 87.1 Å². The van der Waals surface area contributed by atoms with Gasteiger partial charge in [-0.3, -0.25) is 39.4 Å². The fraction of sp³-hybridized carbons (Fsp3) is 0.295. The van der Waals surface area contributed by atoms with E-state index in [0.717, 1.165) is 67.0 Å². The van der Waals surface area contributed by atoms with Crippen molar-refractivity contribution in [3.8, 4) is 0 Å². The molecule has 62 heavy (non-hydrogen) atoms. The van der Waals surface area contributed by atoms with Crippen molar-refractivity contribution in [3.63, 3.8) is 0 Å². The van der Waals surface area contributed by atoms with Crippen LogP contribution in [-0.2, 0) is 19.2 Å². The van der Waals surface area contributed by atoms with Crippen LogP contribution in [0.3, 0.4) is 0 Å². The third-order valence-corrected chi connectivity index (χ3v) is 10.3. The van der Waals surface area contributed by atoms with E-state index >= 15 is 0 Å². The van der Waals surface area contributed by atoms with Crippen LogP contribution in [-0.4, -0.2) is 71.6 Å². The van der Waals surface area contributed by atoms with Crippen molar-refractivity contribution in [2.45, 2.75) is 71.4 Å². The normalized spacial score (nSPS) is 15.5. The highest BCUT2D eigenvalue weighted by Gasteiger charge is 2.33. The number of aromatic nitrogens is 3. The van der Waals surface area contributed by atoms with Gasteiger partial charge in [0.1, 0.15) is 11.9 Å². The van der Waals surface area contributed by atoms with E-state index in [1.54, 1.807) is 37.3 Å². The number of piperidine rings is 2. The van der Waals surface area contributed by atoms with Crippen LogP contribution in [0.4, 0.5) is 34.1 Å². The van der Waals surface area contributed by atoms with Gasteiger partial charge in [0.2, 0.25) is 0 Å². The van der Waals surface area contributed by atoms with E-state index in [0.29, 0.717) is 41.4 Å². The summed E-state index contributed by atoms with van der Waals surface area (Å²) in [5, 5.41) is 21.7. The van der Waals surface area contributed by atoms with Crippen molar-refractivity contribution in [1.82, 2.24) is 24.8 Å². The summed E-state index contributed by atoms with van der Waals surface area (Å²) in [5.74, 6) is -3.37. The van der Waals surface area contributed by atoms with Crippen LogP contribution >= 0.6 is 0 Å². The molecule has 5 heterocycles. The molecule has 0 spiro atoms. The van der Waals surface area contributed by atoms with E-state index in [1.165, 1.54) is 17.3 Å². The number of carbonyl (C=O) groups is 4. The van der Waals surface area contributed by atoms with Crippen molar-refractivity contribution in [1.29, 1.82) is 0 Å². The van der Waals surface area contributed by atoms with Crippen LogP contribution in [0.1, 0.15) is 78.4 Å². The number of nitro groups is 1. The molecule has 10 N–H and O–H groups in total. The highest BCUT2D eigenvalue weighted by molar-refractivity contribution is 6.40. The van der Waals surface area contributed by atoms with Gasteiger partial charge >= 0.3 is 29.4 Å². The van der Waals surface area contributed by atoms with E-state index < -0.39 is 28.6 Å². The molecular formula is C44H53N11O7. The summed E-state index contributed by atoms with van der Waals surface area (Å²) in [6.07, 6.45) is 14.5. The maximum atomic E-state index is 12.7. The number of carbonyl (C=O) groups excluding carboxylic acids is 3. The Hall–Kier alpha value is -7.63. The first-order valence-electron chi connectivity index (χ1n) is 19.9. The molecular weight excluding hydrogens is 795 g/mol. The summed E-state index contributed by atoms with van der Waals surface area (Å²) in [5.41, 5.74) is 28.7. The van der Waals surface area contributed by atoms with E-state index in [-0.39, 0.29) is 23.5 Å². The van der Waals surface area contributed by atoms with E-state index in [9.17, 15) is 29.3 Å². The van der Waals surface area contributed by atoms with Crippen molar-refractivity contribution < 1.29 is 29.2 Å². The molecule has 18 nitrogen and oxygen atoms in total. The molecule has 3 amide bonds. The number of aryl methyl sites for hydroxylation is 3. The Kier molecular flexibility index (Phi) is 17.2. The van der Waals surface area contributed by atoms with Crippen LogP contribution < -0.4 is 28.3 Å². The summed E-state index contributed by atoms with van der Waals surface area (Å²) in [7, 11) is 0. The molecule has 2 aliphatic rings. The molecule has 0 aliphatic carbocycles. The molecule has 2 aromatic carbocycles. The first-order valence-corrected chi connectivity index (χ1v) is 19.9. The molecule has 2 fully saturated rings. The minimum absolute atomic E-state index is 0.0684. The molecule has 7 rings (SSSR count). The van der Waals surface area contributed by atoms with Gasteiger partial charge in [-0.1, -0.05) is 60.7 Å². The Morgan fingerprint density at radius 2 is 1.10 bits per heavy atom. The average molecular weight is 848 g/mol. The number of aliphatic carboxylic acids is 1. The quantitative estimate of drug-likeness (QED) is 0.0695. The lowest BCUT2D eigenvalue weighted by atomic mass is 9.95. The third-order valence-electron chi connectivity index (χ3n) is 10.3. The molecule has 326 valence electrons. The fourth-order valence-corrected chi connectivity index (χ4v) is 6.80. The number of carboxylic acids is 1. The molecule has 0 bridgehead atoms. The number of hydrogen-bond acceptors (Lipinski definition) is 13. The summed E-state index contributed by atoms with van der Waals surface area (Å²) in [6, 6.07) is 19.3. The molecule has 0 saturated carbocycles. The maximum absolute atomic E-state index is 12.7. The molecule has 0 radical (unpaired) electrons. The number of carboxylic acid groups (broad SMARTS) is 1. The van der Waals surface area contributed by atoms with E-state index in [1.807, 2.05) is 67.6 Å². The zero-order valence-electron chi connectivity index (χ0n) is 34.9. The van der Waals surface area contributed by atoms with Crippen molar-refractivity contribution >= 4 is 57.8 Å². The fourth-order valence-electron chi connectivity index (χ4n) is 6.80. The van der Waals surface area contributed by atoms with E-state index in [4.69, 9.17) is 28.0 Å². The van der Waals surface area contributed by atoms with Crippen LogP contribution in [0.5, 0.6) is 0 Å². The number of hydrogen-bond donors (Lipinski definition) is 6. The van der Waals surface area contributed by atoms with Crippen LogP contribution in [0.25, 0.3) is 0 Å². The minimum atomic E-state index is -1.37. The smallest absolute Gasteiger partial charge is 0.394 e. The summed E-state index contributed by atoms with van der Waals surface area (Å²) < 4.78 is 0. The molecule has 3 aromatic heterocycles. The van der Waals surface area contributed by atoms with Gasteiger partial charge in [-0.15, -0.1) is 0 Å². The summed E-state index contributed by atoms with van der Waals surface area (Å²) in [4.78, 5) is 71.9. The van der Waals surface area contributed by atoms with Gasteiger partial charge in [0.25, 0.3) is 0 Å². The number of nitrogen functional groups attached to an aromatic ring is 4. The van der Waals surface area contributed by atoms with Crippen LogP contribution in [0.2, 0.25) is 0 Å². The Balaban J connectivity index is 0.000000197. The topological polar surface area (TPSA) is 293 Å².